The first kappa shape index (κ1) is 16.4. The van der Waals surface area contributed by atoms with Gasteiger partial charge in [-0.05, 0) is 42.9 Å². The summed E-state index contributed by atoms with van der Waals surface area (Å²) in [5.41, 5.74) is 7.01. The van der Waals surface area contributed by atoms with Gasteiger partial charge in [0.1, 0.15) is 0 Å². The van der Waals surface area contributed by atoms with Gasteiger partial charge in [-0.2, -0.15) is 0 Å². The molecule has 1 aliphatic carbocycles. The van der Waals surface area contributed by atoms with Crippen LogP contribution in [0.2, 0.25) is 10.0 Å². The Bertz CT molecular complexity index is 522. The highest BCUT2D eigenvalue weighted by molar-refractivity contribution is 6.35. The third-order valence-corrected chi connectivity index (χ3v) is 4.15. The molecule has 1 saturated carbocycles. The maximum absolute atomic E-state index is 6.22. The van der Waals surface area contributed by atoms with E-state index in [2.05, 4.69) is 10.3 Å². The first-order chi connectivity index (χ1) is 10.0. The quantitative estimate of drug-likeness (QED) is 0.623. The van der Waals surface area contributed by atoms with E-state index >= 15 is 0 Å². The van der Waals surface area contributed by atoms with E-state index in [0.29, 0.717) is 36.0 Å². The number of rotatable bonds is 6. The average molecular weight is 330 g/mol. The predicted octanol–water partition coefficient (Wildman–Crippen LogP) is 3.04. The van der Waals surface area contributed by atoms with Crippen molar-refractivity contribution in [2.75, 3.05) is 20.3 Å². The summed E-state index contributed by atoms with van der Waals surface area (Å²) in [7, 11) is 1.66. The smallest absolute Gasteiger partial charge is 0.188 e. The van der Waals surface area contributed by atoms with Gasteiger partial charge in [-0.15, -0.1) is 0 Å². The molecule has 3 unspecified atom stereocenters. The number of nitrogens with one attached hydrogen (secondary N) is 1. The van der Waals surface area contributed by atoms with Crippen LogP contribution in [0.3, 0.4) is 0 Å². The molecule has 1 fully saturated rings. The number of nitrogens with two attached hydrogens (primary N) is 1. The number of aliphatic imine (C=N–C) groups is 1. The van der Waals surface area contributed by atoms with Crippen LogP contribution in [0.15, 0.2) is 23.2 Å². The highest BCUT2D eigenvalue weighted by atomic mass is 35.5. The van der Waals surface area contributed by atoms with Gasteiger partial charge in [0.05, 0.1) is 6.61 Å². The van der Waals surface area contributed by atoms with E-state index in [1.165, 1.54) is 0 Å². The lowest BCUT2D eigenvalue weighted by atomic mass is 10.1. The van der Waals surface area contributed by atoms with E-state index in [4.69, 9.17) is 33.7 Å². The summed E-state index contributed by atoms with van der Waals surface area (Å²) in [4.78, 5) is 4.39. The highest BCUT2D eigenvalue weighted by Gasteiger charge is 2.39. The molecular weight excluding hydrogens is 309 g/mol. The Morgan fingerprint density at radius 2 is 2.29 bits per heavy atom. The van der Waals surface area contributed by atoms with Gasteiger partial charge in [0.2, 0.25) is 0 Å². The molecule has 1 aromatic rings. The van der Waals surface area contributed by atoms with Crippen LogP contribution in [-0.4, -0.2) is 32.3 Å². The zero-order valence-electron chi connectivity index (χ0n) is 12.3. The molecule has 0 aliphatic heterocycles. The summed E-state index contributed by atoms with van der Waals surface area (Å²) >= 11 is 12.1. The first-order valence-electron chi connectivity index (χ1n) is 7.01. The third-order valence-electron chi connectivity index (χ3n) is 3.59. The molecule has 21 heavy (non-hydrogen) atoms. The second-order valence-electron chi connectivity index (χ2n) is 5.49. The Labute approximate surface area is 135 Å². The van der Waals surface area contributed by atoms with E-state index in [0.717, 1.165) is 17.0 Å². The van der Waals surface area contributed by atoms with Gasteiger partial charge in [0.15, 0.2) is 5.96 Å². The SMILES string of the molecule is COCC(C)NC(N)=NCC1CC1c1ccc(Cl)cc1Cl. The molecule has 6 heteroatoms. The van der Waals surface area contributed by atoms with Crippen molar-refractivity contribution in [2.24, 2.45) is 16.6 Å². The zero-order valence-corrected chi connectivity index (χ0v) is 13.8. The van der Waals surface area contributed by atoms with Gasteiger partial charge in [-0.3, -0.25) is 4.99 Å². The van der Waals surface area contributed by atoms with Gasteiger partial charge in [0, 0.05) is 29.7 Å². The minimum atomic E-state index is 0.152. The maximum atomic E-state index is 6.22. The number of hydrogen-bond acceptors (Lipinski definition) is 2. The molecule has 0 radical (unpaired) electrons. The van der Waals surface area contributed by atoms with Crippen molar-refractivity contribution in [3.63, 3.8) is 0 Å². The molecule has 2 rings (SSSR count). The number of nitrogens with zero attached hydrogens (tertiary/aromatic N) is 1. The Morgan fingerprint density at radius 3 is 2.95 bits per heavy atom. The standard InChI is InChI=1S/C15H21Cl2N3O/c1-9(8-21-2)20-15(18)19-7-10-5-13(10)12-4-3-11(16)6-14(12)17/h3-4,6,9-10,13H,5,7-8H2,1-2H3,(H3,18,19,20). The minimum Gasteiger partial charge on any atom is -0.383 e. The molecular formula is C15H21Cl2N3O. The first-order valence-corrected chi connectivity index (χ1v) is 7.77. The van der Waals surface area contributed by atoms with E-state index in [1.54, 1.807) is 13.2 Å². The fraction of sp³-hybridized carbons (Fsp3) is 0.533. The maximum Gasteiger partial charge on any atom is 0.188 e. The van der Waals surface area contributed by atoms with E-state index in [9.17, 15) is 0 Å². The lowest BCUT2D eigenvalue weighted by Crippen LogP contribution is -2.40. The van der Waals surface area contributed by atoms with E-state index < -0.39 is 0 Å². The molecule has 0 amide bonds. The van der Waals surface area contributed by atoms with Crippen molar-refractivity contribution >= 4 is 29.2 Å². The predicted molar refractivity (Wildman–Crippen MR) is 88.3 cm³/mol. The molecule has 1 aromatic carbocycles. The summed E-state index contributed by atoms with van der Waals surface area (Å²) in [5, 5.41) is 4.50. The van der Waals surface area contributed by atoms with Crippen LogP contribution in [-0.2, 0) is 4.74 Å². The van der Waals surface area contributed by atoms with Crippen molar-refractivity contribution in [3.05, 3.63) is 33.8 Å². The largest absolute Gasteiger partial charge is 0.383 e. The summed E-state index contributed by atoms with van der Waals surface area (Å²) in [6, 6.07) is 5.82. The molecule has 3 atom stereocenters. The van der Waals surface area contributed by atoms with E-state index in [-0.39, 0.29) is 6.04 Å². The fourth-order valence-corrected chi connectivity index (χ4v) is 2.99. The van der Waals surface area contributed by atoms with Crippen molar-refractivity contribution in [2.45, 2.75) is 25.3 Å². The molecule has 1 aliphatic rings. The monoisotopic (exact) mass is 329 g/mol. The van der Waals surface area contributed by atoms with Crippen LogP contribution in [0.4, 0.5) is 0 Å². The van der Waals surface area contributed by atoms with Gasteiger partial charge in [-0.1, -0.05) is 29.3 Å². The summed E-state index contributed by atoms with van der Waals surface area (Å²) < 4.78 is 5.04. The molecule has 3 N–H and O–H groups in total. The van der Waals surface area contributed by atoms with Crippen LogP contribution in [0.1, 0.15) is 24.8 Å². The Kier molecular flexibility index (Phi) is 5.73. The van der Waals surface area contributed by atoms with E-state index in [1.807, 2.05) is 19.1 Å². The van der Waals surface area contributed by atoms with Gasteiger partial charge in [0.25, 0.3) is 0 Å². The lowest BCUT2D eigenvalue weighted by molar-refractivity contribution is 0.179. The number of halogens is 2. The van der Waals surface area contributed by atoms with Gasteiger partial charge >= 0.3 is 0 Å². The Balaban J connectivity index is 1.84. The second kappa shape index (κ2) is 7.34. The third kappa shape index (κ3) is 4.77. The van der Waals surface area contributed by atoms with Gasteiger partial charge < -0.3 is 15.8 Å². The normalized spacial score (nSPS) is 23.0. The number of methoxy groups -OCH3 is 1. The van der Waals surface area contributed by atoms with Crippen molar-refractivity contribution in [3.8, 4) is 0 Å². The average Bonchev–Trinajstić information content (AvgIpc) is 3.16. The van der Waals surface area contributed by atoms with Crippen molar-refractivity contribution < 1.29 is 4.74 Å². The minimum absolute atomic E-state index is 0.152. The second-order valence-corrected chi connectivity index (χ2v) is 6.34. The summed E-state index contributed by atoms with van der Waals surface area (Å²) in [6.45, 7) is 3.31. The van der Waals surface area contributed by atoms with Crippen LogP contribution in [0.25, 0.3) is 0 Å². The van der Waals surface area contributed by atoms with Crippen molar-refractivity contribution in [1.82, 2.24) is 5.32 Å². The van der Waals surface area contributed by atoms with Crippen LogP contribution in [0.5, 0.6) is 0 Å². The number of guanidine groups is 1. The zero-order chi connectivity index (χ0) is 15.4. The number of ether oxygens (including phenoxy) is 1. The summed E-state index contributed by atoms with van der Waals surface area (Å²) in [6.07, 6.45) is 1.09. The van der Waals surface area contributed by atoms with Crippen LogP contribution >= 0.6 is 23.2 Å². The molecule has 0 heterocycles. The number of benzene rings is 1. The van der Waals surface area contributed by atoms with Crippen LogP contribution < -0.4 is 11.1 Å². The lowest BCUT2D eigenvalue weighted by Gasteiger charge is -2.13. The van der Waals surface area contributed by atoms with Crippen LogP contribution in [0, 0.1) is 5.92 Å². The fourth-order valence-electron chi connectivity index (χ4n) is 2.44. The molecule has 116 valence electrons. The molecule has 0 bridgehead atoms. The van der Waals surface area contributed by atoms with Crippen molar-refractivity contribution in [1.29, 1.82) is 0 Å². The summed E-state index contributed by atoms with van der Waals surface area (Å²) in [5.74, 6) is 1.43. The highest BCUT2D eigenvalue weighted by Crippen LogP contribution is 2.49. The van der Waals surface area contributed by atoms with Gasteiger partial charge in [-0.25, -0.2) is 0 Å². The Morgan fingerprint density at radius 1 is 1.52 bits per heavy atom. The molecule has 4 nitrogen and oxygen atoms in total. The molecule has 0 aromatic heterocycles. The Hall–Kier alpha value is -0.970. The molecule has 0 saturated heterocycles. The molecule has 0 spiro atoms. The number of hydrogen-bond donors (Lipinski definition) is 2. The topological polar surface area (TPSA) is 59.6 Å².